The fraction of sp³-hybridized carbons (Fsp3) is 0.231. The van der Waals surface area contributed by atoms with E-state index < -0.39 is 0 Å². The van der Waals surface area contributed by atoms with Crippen molar-refractivity contribution in [1.29, 1.82) is 0 Å². The molecule has 3 aromatic rings. The maximum absolute atomic E-state index is 11.4. The number of nitrogens with one attached hydrogen (secondary N) is 1. The van der Waals surface area contributed by atoms with Crippen LogP contribution in [0.1, 0.15) is 25.0 Å². The van der Waals surface area contributed by atoms with Crippen LogP contribution in [0.4, 0.5) is 5.69 Å². The number of fused-ring (bicyclic) bond motifs is 1. The van der Waals surface area contributed by atoms with Gasteiger partial charge in [-0.2, -0.15) is 4.57 Å². The van der Waals surface area contributed by atoms with Gasteiger partial charge in [-0.25, -0.2) is 0 Å². The van der Waals surface area contributed by atoms with E-state index in [1.807, 2.05) is 60.3 Å². The largest absolute Gasteiger partial charge is 0.502 e. The molecular weight excluding hydrogens is 436 g/mol. The van der Waals surface area contributed by atoms with Crippen molar-refractivity contribution in [3.05, 3.63) is 78.1 Å². The van der Waals surface area contributed by atoms with Crippen LogP contribution in [0.5, 0.6) is 17.2 Å². The molecule has 1 aromatic heterocycles. The molecule has 4 rings (SSSR count). The second-order valence-electron chi connectivity index (χ2n) is 7.41. The minimum absolute atomic E-state index is 0.0209. The number of benzene rings is 2. The molecule has 6 nitrogen and oxygen atoms in total. The highest BCUT2D eigenvalue weighted by atomic mass is 32.1. The van der Waals surface area contributed by atoms with Crippen LogP contribution in [0.3, 0.4) is 0 Å². The molecule has 0 saturated carbocycles. The topological polar surface area (TPSA) is 63.8 Å². The number of nitrogens with zero attached hydrogens (tertiary/aromatic N) is 1. The number of rotatable bonds is 7. The molecule has 2 aromatic carbocycles. The molecule has 0 amide bonds. The van der Waals surface area contributed by atoms with Gasteiger partial charge in [0, 0.05) is 17.7 Å². The number of para-hydroxylation sites is 2. The van der Waals surface area contributed by atoms with Gasteiger partial charge in [-0.3, -0.25) is 0 Å². The van der Waals surface area contributed by atoms with E-state index in [1.54, 1.807) is 18.2 Å². The predicted molar refractivity (Wildman–Crippen MR) is 133 cm³/mol. The highest BCUT2D eigenvalue weighted by Gasteiger charge is 2.26. The van der Waals surface area contributed by atoms with E-state index in [-0.39, 0.29) is 5.76 Å². The van der Waals surface area contributed by atoms with Gasteiger partial charge in [-0.05, 0) is 49.2 Å². The van der Waals surface area contributed by atoms with Crippen LogP contribution < -0.4 is 24.1 Å². The molecule has 0 atom stereocenters. The Morgan fingerprint density at radius 3 is 2.48 bits per heavy atom. The lowest BCUT2D eigenvalue weighted by Gasteiger charge is -2.19. The van der Waals surface area contributed by atoms with Crippen LogP contribution in [0, 0.1) is 0 Å². The predicted octanol–water partition coefficient (Wildman–Crippen LogP) is 5.03. The molecule has 0 unspecified atom stereocenters. The smallest absolute Gasteiger partial charge is 0.288 e. The third-order valence-corrected chi connectivity index (χ3v) is 5.55. The summed E-state index contributed by atoms with van der Waals surface area (Å²) < 4.78 is 18.8. The number of aromatic nitrogens is 1. The summed E-state index contributed by atoms with van der Waals surface area (Å²) in [4.78, 5) is 0.351. The zero-order valence-corrected chi connectivity index (χ0v) is 19.5. The number of anilines is 1. The zero-order chi connectivity index (χ0) is 23.2. The van der Waals surface area contributed by atoms with Crippen molar-refractivity contribution in [2.24, 2.45) is 0 Å². The van der Waals surface area contributed by atoms with Crippen LogP contribution >= 0.6 is 12.2 Å². The van der Waals surface area contributed by atoms with Crippen molar-refractivity contribution in [2.45, 2.75) is 20.3 Å². The molecule has 1 aliphatic rings. The minimum atomic E-state index is 0.0209. The highest BCUT2D eigenvalue weighted by Crippen LogP contribution is 2.33. The van der Waals surface area contributed by atoms with Crippen LogP contribution in [0.2, 0.25) is 0 Å². The van der Waals surface area contributed by atoms with Gasteiger partial charge >= 0.3 is 0 Å². The number of hydrogen-bond donors (Lipinski definition) is 2. The molecular formula is C26H27N2O4S+. The summed E-state index contributed by atoms with van der Waals surface area (Å²) in [5.74, 6) is 1.96. The quantitative estimate of drug-likeness (QED) is 0.222. The number of hydrogen-bond acceptors (Lipinski definition) is 5. The van der Waals surface area contributed by atoms with Crippen LogP contribution in [-0.4, -0.2) is 29.9 Å². The third-order valence-electron chi connectivity index (χ3n) is 5.25. The van der Waals surface area contributed by atoms with Gasteiger partial charge in [0.25, 0.3) is 5.70 Å². The lowest BCUT2D eigenvalue weighted by Crippen LogP contribution is -2.38. The normalized spacial score (nSPS) is 13.2. The first-order chi connectivity index (χ1) is 16.1. The third kappa shape index (κ3) is 5.09. The Bertz CT molecular complexity index is 1180. The molecule has 33 heavy (non-hydrogen) atoms. The molecule has 7 heteroatoms. The van der Waals surface area contributed by atoms with Gasteiger partial charge in [0.2, 0.25) is 0 Å². The molecule has 0 fully saturated rings. The van der Waals surface area contributed by atoms with Crippen molar-refractivity contribution < 1.29 is 23.9 Å². The first-order valence-electron chi connectivity index (χ1n) is 11.0. The maximum atomic E-state index is 11.4. The Hall–Kier alpha value is -3.58. The summed E-state index contributed by atoms with van der Waals surface area (Å²) in [5, 5.41) is 14.6. The van der Waals surface area contributed by atoms with Gasteiger partial charge in [0.05, 0.1) is 12.3 Å². The molecule has 0 saturated heterocycles. The molecule has 2 N–H and O–H groups in total. The summed E-state index contributed by atoms with van der Waals surface area (Å²) in [6.45, 7) is 5.53. The van der Waals surface area contributed by atoms with Gasteiger partial charge in [-0.1, -0.05) is 31.3 Å². The van der Waals surface area contributed by atoms with E-state index in [2.05, 4.69) is 12.2 Å². The first-order valence-corrected chi connectivity index (χ1v) is 11.4. The number of thiocarbonyl (C=S) groups is 1. The number of pyridine rings is 1. The van der Waals surface area contributed by atoms with Crippen molar-refractivity contribution >= 4 is 34.3 Å². The van der Waals surface area contributed by atoms with Gasteiger partial charge in [-0.15, -0.1) is 0 Å². The second-order valence-corrected chi connectivity index (χ2v) is 7.81. The van der Waals surface area contributed by atoms with Gasteiger partial charge < -0.3 is 24.6 Å². The molecule has 170 valence electrons. The number of aliphatic hydroxyl groups is 1. The molecule has 2 heterocycles. The molecule has 1 aliphatic heterocycles. The van der Waals surface area contributed by atoms with E-state index in [4.69, 9.17) is 26.4 Å². The van der Waals surface area contributed by atoms with Crippen molar-refractivity contribution in [3.63, 3.8) is 0 Å². The van der Waals surface area contributed by atoms with Crippen molar-refractivity contribution in [3.8, 4) is 17.2 Å². The van der Waals surface area contributed by atoms with E-state index in [9.17, 15) is 5.11 Å². The Kier molecular flexibility index (Phi) is 7.10. The standard InChI is InChI=1S/C26H26N2O4S/c1-3-18-11-13-28(14-12-18)24(26(33)27-20-7-5-6-8-21(20)30-4-2)25(29)19-9-10-22-23(17-19)32-16-15-31-22/h5-14,17H,3-4,15-16H2,1-2H3,(H-,27,29,33)/p+1. The maximum Gasteiger partial charge on any atom is 0.288 e. The summed E-state index contributed by atoms with van der Waals surface area (Å²) in [6, 6.07) is 16.9. The number of aryl methyl sites for hydroxylation is 1. The molecule has 0 radical (unpaired) electrons. The summed E-state index contributed by atoms with van der Waals surface area (Å²) >= 11 is 5.78. The van der Waals surface area contributed by atoms with Crippen LogP contribution in [0.25, 0.3) is 11.5 Å². The zero-order valence-electron chi connectivity index (χ0n) is 18.7. The Morgan fingerprint density at radius 2 is 1.76 bits per heavy atom. The minimum Gasteiger partial charge on any atom is -0.502 e. The number of aliphatic hydroxyl groups excluding tert-OH is 1. The van der Waals surface area contributed by atoms with Crippen LogP contribution in [-0.2, 0) is 6.42 Å². The fourth-order valence-electron chi connectivity index (χ4n) is 3.55. The van der Waals surface area contributed by atoms with E-state index in [1.165, 1.54) is 5.56 Å². The monoisotopic (exact) mass is 463 g/mol. The first kappa shape index (κ1) is 22.6. The molecule has 0 spiro atoms. The van der Waals surface area contributed by atoms with E-state index >= 15 is 0 Å². The SMILES string of the molecule is CCOc1ccccc1NC(=S)/C(=C(\O)c1ccc2c(c1)OCCO2)[n+]1ccc(CC)cc1. The Labute approximate surface area is 199 Å². The van der Waals surface area contributed by atoms with E-state index in [0.717, 1.165) is 12.1 Å². The fourth-order valence-corrected chi connectivity index (χ4v) is 3.86. The lowest BCUT2D eigenvalue weighted by atomic mass is 10.1. The number of ether oxygens (including phenoxy) is 3. The van der Waals surface area contributed by atoms with E-state index in [0.29, 0.717) is 53.3 Å². The summed E-state index contributed by atoms with van der Waals surface area (Å²) in [5.41, 5.74) is 2.92. The Balaban J connectivity index is 1.77. The summed E-state index contributed by atoms with van der Waals surface area (Å²) in [6.07, 6.45) is 4.70. The highest BCUT2D eigenvalue weighted by molar-refractivity contribution is 7.81. The lowest BCUT2D eigenvalue weighted by molar-refractivity contribution is -0.575. The van der Waals surface area contributed by atoms with Gasteiger partial charge in [0.1, 0.15) is 19.0 Å². The second kappa shape index (κ2) is 10.4. The summed E-state index contributed by atoms with van der Waals surface area (Å²) in [7, 11) is 0. The van der Waals surface area contributed by atoms with Crippen LogP contribution in [0.15, 0.2) is 67.0 Å². The average molecular weight is 464 g/mol. The Morgan fingerprint density at radius 1 is 1.03 bits per heavy atom. The van der Waals surface area contributed by atoms with Crippen molar-refractivity contribution in [2.75, 3.05) is 25.1 Å². The van der Waals surface area contributed by atoms with Gasteiger partial charge in [0.15, 0.2) is 34.6 Å². The molecule has 0 bridgehead atoms. The van der Waals surface area contributed by atoms with Crippen molar-refractivity contribution in [1.82, 2.24) is 0 Å². The average Bonchev–Trinajstić information content (AvgIpc) is 2.85. The molecule has 0 aliphatic carbocycles.